The molecule has 3 aromatic rings. The van der Waals surface area contributed by atoms with E-state index in [-0.39, 0.29) is 23.5 Å². The quantitative estimate of drug-likeness (QED) is 0.470. The highest BCUT2D eigenvalue weighted by Crippen LogP contribution is 2.31. The van der Waals surface area contributed by atoms with Gasteiger partial charge in [-0.2, -0.15) is 0 Å². The molecular formula is C25H26FN3O2S2. The number of nitrogens with one attached hydrogen (secondary N) is 1. The third kappa shape index (κ3) is 5.81. The molecule has 0 spiro atoms. The number of aryl methyl sites for hydroxylation is 1. The summed E-state index contributed by atoms with van der Waals surface area (Å²) in [5.74, 6) is -0.320. The Labute approximate surface area is 201 Å². The molecule has 0 radical (unpaired) electrons. The summed E-state index contributed by atoms with van der Waals surface area (Å²) < 4.78 is 13.7. The van der Waals surface area contributed by atoms with Crippen LogP contribution in [0.3, 0.4) is 0 Å². The molecule has 1 aliphatic heterocycles. The van der Waals surface area contributed by atoms with E-state index in [9.17, 15) is 14.0 Å². The maximum atomic E-state index is 13.7. The van der Waals surface area contributed by atoms with Gasteiger partial charge in [-0.05, 0) is 61.4 Å². The summed E-state index contributed by atoms with van der Waals surface area (Å²) in [6, 6.07) is 12.7. The SMILES string of the molecule is CSc1ccc(CC(=O)N2CCC(c3nc(C(=O)Nc4ccc(C)c(F)c4)cs3)CC2)cc1. The van der Waals surface area contributed by atoms with E-state index in [4.69, 9.17) is 0 Å². The summed E-state index contributed by atoms with van der Waals surface area (Å²) >= 11 is 3.15. The summed E-state index contributed by atoms with van der Waals surface area (Å²) in [6.07, 6.45) is 4.11. The zero-order valence-electron chi connectivity index (χ0n) is 18.6. The van der Waals surface area contributed by atoms with E-state index >= 15 is 0 Å². The van der Waals surface area contributed by atoms with E-state index in [1.54, 1.807) is 36.2 Å². The molecular weight excluding hydrogens is 457 g/mol. The molecule has 0 bridgehead atoms. The van der Waals surface area contributed by atoms with Crippen LogP contribution in [0.25, 0.3) is 0 Å². The Bertz CT molecular complexity index is 1140. The number of thioether (sulfide) groups is 1. The Morgan fingerprint density at radius 1 is 1.18 bits per heavy atom. The lowest BCUT2D eigenvalue weighted by atomic mass is 9.97. The van der Waals surface area contributed by atoms with Gasteiger partial charge in [0.15, 0.2) is 0 Å². The van der Waals surface area contributed by atoms with Crippen LogP contribution in [0, 0.1) is 12.7 Å². The van der Waals surface area contributed by atoms with Crippen LogP contribution in [0.5, 0.6) is 0 Å². The number of benzene rings is 2. The molecule has 1 N–H and O–H groups in total. The van der Waals surface area contributed by atoms with Crippen molar-refractivity contribution in [3.05, 3.63) is 75.5 Å². The molecule has 0 unspecified atom stereocenters. The summed E-state index contributed by atoms with van der Waals surface area (Å²) in [5.41, 5.74) is 2.31. The topological polar surface area (TPSA) is 62.3 Å². The van der Waals surface area contributed by atoms with Gasteiger partial charge in [-0.25, -0.2) is 9.37 Å². The molecule has 0 aliphatic carbocycles. The number of halogens is 1. The number of anilines is 1. The molecule has 172 valence electrons. The van der Waals surface area contributed by atoms with Crippen molar-refractivity contribution in [2.45, 2.75) is 37.0 Å². The minimum Gasteiger partial charge on any atom is -0.342 e. The first-order chi connectivity index (χ1) is 15.9. The smallest absolute Gasteiger partial charge is 0.275 e. The third-order valence-electron chi connectivity index (χ3n) is 5.90. The van der Waals surface area contributed by atoms with Crippen LogP contribution in [-0.2, 0) is 11.2 Å². The second kappa shape index (κ2) is 10.5. The van der Waals surface area contributed by atoms with E-state index in [1.165, 1.54) is 22.3 Å². The number of hydrogen-bond acceptors (Lipinski definition) is 5. The van der Waals surface area contributed by atoms with E-state index in [0.29, 0.717) is 36.5 Å². The lowest BCUT2D eigenvalue weighted by Gasteiger charge is -2.31. The molecule has 2 heterocycles. The number of thiazole rings is 1. The Morgan fingerprint density at radius 3 is 2.58 bits per heavy atom. The molecule has 1 fully saturated rings. The van der Waals surface area contributed by atoms with Crippen molar-refractivity contribution in [3.63, 3.8) is 0 Å². The van der Waals surface area contributed by atoms with Crippen LogP contribution in [0.4, 0.5) is 10.1 Å². The molecule has 1 aliphatic rings. The zero-order valence-corrected chi connectivity index (χ0v) is 20.3. The zero-order chi connectivity index (χ0) is 23.4. The van der Waals surface area contributed by atoms with Crippen LogP contribution in [0.2, 0.25) is 0 Å². The van der Waals surface area contributed by atoms with E-state index in [0.717, 1.165) is 23.4 Å². The van der Waals surface area contributed by atoms with Gasteiger partial charge in [0.05, 0.1) is 11.4 Å². The number of piperidine rings is 1. The molecule has 2 aromatic carbocycles. The van der Waals surface area contributed by atoms with Gasteiger partial charge in [-0.15, -0.1) is 23.1 Å². The number of likely N-dealkylation sites (tertiary alicyclic amines) is 1. The van der Waals surface area contributed by atoms with Gasteiger partial charge in [-0.1, -0.05) is 18.2 Å². The predicted molar refractivity (Wildman–Crippen MR) is 132 cm³/mol. The highest BCUT2D eigenvalue weighted by molar-refractivity contribution is 7.98. The van der Waals surface area contributed by atoms with Crippen molar-refractivity contribution in [3.8, 4) is 0 Å². The number of amides is 2. The standard InChI is InChI=1S/C25H26FN3O2S2/c1-16-3-6-19(14-21(16)26)27-24(31)22-15-33-25(28-22)18-9-11-29(12-10-18)23(30)13-17-4-7-20(32-2)8-5-17/h3-8,14-15,18H,9-13H2,1-2H3,(H,27,31). The van der Waals surface area contributed by atoms with Crippen LogP contribution in [0.15, 0.2) is 52.7 Å². The Morgan fingerprint density at radius 2 is 1.91 bits per heavy atom. The number of rotatable bonds is 6. The fourth-order valence-corrected chi connectivity index (χ4v) is 5.23. The van der Waals surface area contributed by atoms with Gasteiger partial charge >= 0.3 is 0 Å². The molecule has 0 saturated carbocycles. The number of hydrogen-bond donors (Lipinski definition) is 1. The molecule has 1 aromatic heterocycles. The van der Waals surface area contributed by atoms with Crippen LogP contribution >= 0.6 is 23.1 Å². The predicted octanol–water partition coefficient (Wildman–Crippen LogP) is 5.51. The maximum absolute atomic E-state index is 13.7. The van der Waals surface area contributed by atoms with Crippen molar-refractivity contribution >= 4 is 40.6 Å². The summed E-state index contributed by atoms with van der Waals surface area (Å²) in [4.78, 5) is 32.9. The molecule has 4 rings (SSSR count). The van der Waals surface area contributed by atoms with Crippen molar-refractivity contribution in [1.29, 1.82) is 0 Å². The van der Waals surface area contributed by atoms with Crippen LogP contribution in [0.1, 0.15) is 45.4 Å². The van der Waals surface area contributed by atoms with E-state index in [2.05, 4.69) is 10.3 Å². The van der Waals surface area contributed by atoms with Gasteiger partial charge in [0.25, 0.3) is 5.91 Å². The Hall–Kier alpha value is -2.71. The normalized spacial score (nSPS) is 14.3. The molecule has 2 amide bonds. The van der Waals surface area contributed by atoms with E-state index in [1.807, 2.05) is 35.4 Å². The van der Waals surface area contributed by atoms with Gasteiger partial charge in [0, 0.05) is 35.0 Å². The van der Waals surface area contributed by atoms with Crippen LogP contribution in [-0.4, -0.2) is 41.0 Å². The second-order valence-electron chi connectivity index (χ2n) is 8.17. The highest BCUT2D eigenvalue weighted by Gasteiger charge is 2.26. The molecule has 8 heteroatoms. The van der Waals surface area contributed by atoms with Crippen molar-refractivity contribution in [1.82, 2.24) is 9.88 Å². The summed E-state index contributed by atoms with van der Waals surface area (Å²) in [5, 5.41) is 5.36. The largest absolute Gasteiger partial charge is 0.342 e. The average molecular weight is 484 g/mol. The van der Waals surface area contributed by atoms with Crippen molar-refractivity contribution in [2.75, 3.05) is 24.7 Å². The van der Waals surface area contributed by atoms with Crippen molar-refractivity contribution < 1.29 is 14.0 Å². The Balaban J connectivity index is 1.30. The van der Waals surface area contributed by atoms with Gasteiger partial charge in [-0.3, -0.25) is 9.59 Å². The van der Waals surface area contributed by atoms with E-state index < -0.39 is 0 Å². The van der Waals surface area contributed by atoms with Gasteiger partial charge < -0.3 is 10.2 Å². The fraction of sp³-hybridized carbons (Fsp3) is 0.320. The number of carbonyl (C=O) groups excluding carboxylic acids is 2. The summed E-state index contributed by atoms with van der Waals surface area (Å²) in [6.45, 7) is 3.06. The number of aromatic nitrogens is 1. The second-order valence-corrected chi connectivity index (χ2v) is 9.94. The minimum absolute atomic E-state index is 0.148. The Kier molecular flexibility index (Phi) is 7.45. The van der Waals surface area contributed by atoms with Gasteiger partial charge in [0.1, 0.15) is 11.5 Å². The lowest BCUT2D eigenvalue weighted by Crippen LogP contribution is -2.38. The first-order valence-electron chi connectivity index (χ1n) is 10.9. The average Bonchev–Trinajstić information content (AvgIpc) is 3.33. The summed E-state index contributed by atoms with van der Waals surface area (Å²) in [7, 11) is 0. The van der Waals surface area contributed by atoms with Crippen molar-refractivity contribution in [2.24, 2.45) is 0 Å². The lowest BCUT2D eigenvalue weighted by molar-refractivity contribution is -0.131. The molecule has 33 heavy (non-hydrogen) atoms. The molecule has 0 atom stereocenters. The molecule has 5 nitrogen and oxygen atoms in total. The monoisotopic (exact) mass is 483 g/mol. The van der Waals surface area contributed by atoms with Crippen LogP contribution < -0.4 is 5.32 Å². The number of carbonyl (C=O) groups is 2. The molecule has 1 saturated heterocycles. The number of nitrogens with zero attached hydrogens (tertiary/aromatic N) is 2. The third-order valence-corrected chi connectivity index (χ3v) is 7.65. The first kappa shape index (κ1) is 23.4. The van der Waals surface area contributed by atoms with Gasteiger partial charge in [0.2, 0.25) is 5.91 Å². The minimum atomic E-state index is -0.356. The first-order valence-corrected chi connectivity index (χ1v) is 13.0. The maximum Gasteiger partial charge on any atom is 0.275 e. The highest BCUT2D eigenvalue weighted by atomic mass is 32.2. The fourth-order valence-electron chi connectivity index (χ4n) is 3.85.